The van der Waals surface area contributed by atoms with Crippen molar-refractivity contribution in [1.82, 2.24) is 74.4 Å². The predicted octanol–water partition coefficient (Wildman–Crippen LogP) is -1.07. The van der Waals surface area contributed by atoms with Crippen molar-refractivity contribution in [3.63, 3.8) is 0 Å². The number of benzene rings is 1. The second-order valence-corrected chi connectivity index (χ2v) is 31.0. The van der Waals surface area contributed by atoms with Crippen molar-refractivity contribution >= 4 is 110 Å². The first-order valence-corrected chi connectivity index (χ1v) is 36.9. The van der Waals surface area contributed by atoms with Gasteiger partial charge in [0.1, 0.15) is 54.4 Å². The molecule has 1 unspecified atom stereocenters. The molecule has 0 bridgehead atoms. The lowest BCUT2D eigenvalue weighted by molar-refractivity contribution is -0.145. The van der Waals surface area contributed by atoms with Gasteiger partial charge in [0.15, 0.2) is 6.04 Å². The third-order valence-electron chi connectivity index (χ3n) is 17.3. The quantitative estimate of drug-likeness (QED) is 0.0734. The Morgan fingerprint density at radius 3 is 1.87 bits per heavy atom. The Kier molecular flexibility index (Phi) is 31.3. The van der Waals surface area contributed by atoms with Crippen LogP contribution in [0.1, 0.15) is 133 Å². The minimum atomic E-state index is -1.85. The van der Waals surface area contributed by atoms with E-state index in [1.54, 1.807) is 80.5 Å². The van der Waals surface area contributed by atoms with Gasteiger partial charge in [0, 0.05) is 79.1 Å². The molecule has 0 radical (unpaired) electrons. The molecule has 0 saturated carbocycles. The molecule has 562 valence electrons. The Bertz CT molecular complexity index is 3370. The number of carboxylic acids is 2. The minimum Gasteiger partial charge on any atom is -0.481 e. The molecule has 1 aromatic carbocycles. The molecule has 11 amide bonds. The van der Waals surface area contributed by atoms with Crippen LogP contribution < -0.4 is 79.8 Å². The number of anilines is 1. The van der Waals surface area contributed by atoms with Gasteiger partial charge in [-0.15, -0.1) is 0 Å². The summed E-state index contributed by atoms with van der Waals surface area (Å²) in [6, 6.07) is -8.72. The third kappa shape index (κ3) is 25.5. The Morgan fingerprint density at radius 1 is 0.657 bits per heavy atom. The number of allylic oxidation sites excluding steroid dienone is 4. The normalized spacial score (nSPS) is 27.3. The van der Waals surface area contributed by atoms with Crippen molar-refractivity contribution in [3.05, 3.63) is 65.4 Å². The lowest BCUT2D eigenvalue weighted by atomic mass is 9.93. The highest BCUT2D eigenvalue weighted by molar-refractivity contribution is 8.76. The summed E-state index contributed by atoms with van der Waals surface area (Å²) in [6.45, 7) is 18.6. The number of carbonyl (C=O) groups is 13. The van der Waals surface area contributed by atoms with Crippen LogP contribution in [0.2, 0.25) is 0 Å². The summed E-state index contributed by atoms with van der Waals surface area (Å²) in [7, 11) is 2.06. The van der Waals surface area contributed by atoms with E-state index in [1.165, 1.54) is 13.1 Å². The van der Waals surface area contributed by atoms with Crippen LogP contribution in [0.15, 0.2) is 64.8 Å². The van der Waals surface area contributed by atoms with Gasteiger partial charge in [-0.1, -0.05) is 93.5 Å². The highest BCUT2D eigenvalue weighted by Crippen LogP contribution is 2.35. The van der Waals surface area contributed by atoms with Gasteiger partial charge in [0.05, 0.1) is 24.4 Å². The number of para-hydroxylation sites is 1. The number of aliphatic carboxylic acids is 2. The molecule has 0 spiro atoms. The number of hydrogen-bond donors (Lipinski definition) is 18. The van der Waals surface area contributed by atoms with Gasteiger partial charge < -0.3 is 95.1 Å². The molecule has 2 fully saturated rings. The minimum absolute atomic E-state index is 0.000982. The number of nitrogens with zero attached hydrogens (tertiary/aromatic N) is 1. The molecule has 2 saturated heterocycles. The van der Waals surface area contributed by atoms with Crippen molar-refractivity contribution in [3.8, 4) is 0 Å². The number of aliphatic imine (C=N–C) groups is 1. The fourth-order valence-electron chi connectivity index (χ4n) is 12.0. The van der Waals surface area contributed by atoms with Gasteiger partial charge in [0.2, 0.25) is 65.0 Å². The van der Waals surface area contributed by atoms with E-state index >= 15 is 0 Å². The first-order valence-electron chi connectivity index (χ1n) is 34.5. The van der Waals surface area contributed by atoms with E-state index in [-0.39, 0.29) is 67.4 Å². The van der Waals surface area contributed by atoms with Gasteiger partial charge in [-0.3, -0.25) is 62.5 Å². The number of carbonyl (C=O) groups excluding carboxylic acids is 11. The molecule has 4 heterocycles. The van der Waals surface area contributed by atoms with Crippen LogP contribution in [0, 0.1) is 17.8 Å². The van der Waals surface area contributed by atoms with E-state index in [0.29, 0.717) is 36.6 Å². The van der Waals surface area contributed by atoms with Gasteiger partial charge in [-0.2, -0.15) is 0 Å². The van der Waals surface area contributed by atoms with Crippen molar-refractivity contribution in [2.75, 3.05) is 43.1 Å². The summed E-state index contributed by atoms with van der Waals surface area (Å²) in [5.74, 6) is -14.4. The first kappa shape index (κ1) is 82.5. The summed E-state index contributed by atoms with van der Waals surface area (Å²) in [5.41, 5.74) is 2.65. The van der Waals surface area contributed by atoms with Crippen LogP contribution in [0.5, 0.6) is 0 Å². The standard InChI is InChI=1S/C68H102N16O16S2/c1-33(2)21-46-58(90)72-29-53(86)75-45(19-20-54(87)88)59(91)78-47(22-34(3)4)63(95)82-55(35(5)6)66(98)80-49(24-39-27-71-44-18-14-16-42(39)44)61(93)81-51(64(96)83-56(37(8)85)67(99)100)30-101-102-31-52(84-68(9,10)11)65(97)74-36(7)57(89)76-48(23-38-26-70-43-17-13-12-15-41(38)43)60(92)79-50(62(94)77-46)25-40-28-69-32-73-40/h12-18,27,33-38,40,45-52,55-56,69-70,73,84-85H,19-26,28-32H2,1-11H3,(H,72,90)(H,74,97)(H,75,86)(H,76,89)(H,77,94)(H,78,91)(H,79,92)(H,80,98)(H,81,93)(H,82,95)(H,83,96)(H,87,88)(H,99,100)/t36-,37+,38?,40+,45-,46-,47-,48-,49-,50-,51-,52-,55-,56-/m0/s1. The van der Waals surface area contributed by atoms with Crippen LogP contribution in [-0.2, 0) is 62.3 Å². The number of hydrogen-bond acceptors (Lipinski definition) is 21. The number of rotatable bonds is 19. The molecule has 4 aliphatic heterocycles. The number of fused-ring (bicyclic) bond motifs is 2. The number of carboxylic acid groups (broad SMARTS) is 2. The maximum Gasteiger partial charge on any atom is 0.328 e. The van der Waals surface area contributed by atoms with Crippen molar-refractivity contribution in [2.45, 2.75) is 211 Å². The zero-order chi connectivity index (χ0) is 75.3. The van der Waals surface area contributed by atoms with Gasteiger partial charge in [0.25, 0.3) is 0 Å². The van der Waals surface area contributed by atoms with Gasteiger partial charge >= 0.3 is 11.9 Å². The highest BCUT2D eigenvalue weighted by Gasteiger charge is 2.40. The predicted molar refractivity (Wildman–Crippen MR) is 384 cm³/mol. The van der Waals surface area contributed by atoms with Crippen LogP contribution >= 0.6 is 21.6 Å². The van der Waals surface area contributed by atoms with Crippen LogP contribution in [-0.4, -0.2) is 220 Å². The molecule has 1 aromatic rings. The van der Waals surface area contributed by atoms with E-state index in [9.17, 15) is 77.6 Å². The van der Waals surface area contributed by atoms with Crippen LogP contribution in [0.25, 0.3) is 0 Å². The topological polar surface area (TPSA) is 475 Å². The molecule has 32 nitrogen and oxygen atoms in total. The summed E-state index contributed by atoms with van der Waals surface area (Å²) >= 11 is 0. The molecule has 34 heteroatoms. The molecule has 0 aromatic heterocycles. The average Bonchev–Trinajstić information content (AvgIpc) is 1.63. The maximum atomic E-state index is 15.0. The molecule has 6 rings (SSSR count). The fourth-order valence-corrected chi connectivity index (χ4v) is 14.3. The zero-order valence-electron chi connectivity index (χ0n) is 59.5. The van der Waals surface area contributed by atoms with Crippen molar-refractivity contribution in [1.29, 1.82) is 0 Å². The SMILES string of the molecule is CC(C)C[C@@H]1NC(=O)[C@H](C[C@@H]2CNCN2)NC(=O)[C@H](CC2CNc3ccccc32)NC(=O)[C@H](C)NC(=O)[C@@H](NC(C)(C)C)CSSC[C@@H](C(=O)N[C@H](C(=O)O)[C@@H](C)O)NC(=O)[C@H](CC2=CN=C3C=CC=C23)NC(=O)[C@H](C(C)C)NC(=O)[C@H](CC(C)C)NC(=O)[C@H](CCC(=O)O)NC(=O)CNC1=O. The largest absolute Gasteiger partial charge is 0.481 e. The Hall–Kier alpha value is -8.44. The molecule has 14 atom stereocenters. The molecule has 18 N–H and O–H groups in total. The lowest BCUT2D eigenvalue weighted by Crippen LogP contribution is -2.61. The smallest absolute Gasteiger partial charge is 0.328 e. The highest BCUT2D eigenvalue weighted by atomic mass is 33.1. The maximum absolute atomic E-state index is 15.0. The molecule has 102 heavy (non-hydrogen) atoms. The second-order valence-electron chi connectivity index (χ2n) is 28.4. The number of aliphatic hydroxyl groups excluding tert-OH is 1. The molecule has 1 aliphatic carbocycles. The van der Waals surface area contributed by atoms with Crippen LogP contribution in [0.4, 0.5) is 5.69 Å². The number of amides is 11. The molecular weight excluding hydrogens is 1360 g/mol. The summed E-state index contributed by atoms with van der Waals surface area (Å²) in [6.07, 6.45) is 3.73. The number of nitrogens with one attached hydrogen (secondary N) is 15. The Balaban J connectivity index is 1.39. The van der Waals surface area contributed by atoms with Crippen LogP contribution in [0.3, 0.4) is 0 Å². The monoisotopic (exact) mass is 1460 g/mol. The summed E-state index contributed by atoms with van der Waals surface area (Å²) in [4.78, 5) is 188. The average molecular weight is 1460 g/mol. The Morgan fingerprint density at radius 2 is 1.25 bits per heavy atom. The van der Waals surface area contributed by atoms with Crippen molar-refractivity contribution in [2.24, 2.45) is 22.7 Å². The van der Waals surface area contributed by atoms with E-state index in [1.807, 2.05) is 24.3 Å². The van der Waals surface area contributed by atoms with E-state index in [4.69, 9.17) is 0 Å². The van der Waals surface area contributed by atoms with E-state index in [0.717, 1.165) is 39.8 Å². The molecule has 5 aliphatic rings. The summed E-state index contributed by atoms with van der Waals surface area (Å²) in [5, 5.41) is 72.3. The Labute approximate surface area is 601 Å². The summed E-state index contributed by atoms with van der Waals surface area (Å²) < 4.78 is 0. The fraction of sp³-hybridized carbons (Fsp3) is 0.618. The van der Waals surface area contributed by atoms with Gasteiger partial charge in [-0.05, 0) is 108 Å². The lowest BCUT2D eigenvalue weighted by Gasteiger charge is -2.30. The van der Waals surface area contributed by atoms with Gasteiger partial charge in [-0.25, -0.2) is 4.79 Å². The van der Waals surface area contributed by atoms with Crippen molar-refractivity contribution < 1.29 is 77.6 Å². The zero-order valence-corrected chi connectivity index (χ0v) is 61.2. The second kappa shape index (κ2) is 38.7. The van der Waals surface area contributed by atoms with E-state index in [2.05, 4.69) is 84.7 Å². The number of aliphatic hydroxyl groups is 1. The third-order valence-corrected chi connectivity index (χ3v) is 19.7. The van der Waals surface area contributed by atoms with E-state index < -0.39 is 180 Å². The molecular formula is C68H102N16O16S2. The first-order chi connectivity index (χ1) is 48.1.